The Hall–Kier alpha value is -1.43. The van der Waals surface area contributed by atoms with Crippen LogP contribution >= 0.6 is 0 Å². The summed E-state index contributed by atoms with van der Waals surface area (Å²) in [5, 5.41) is 11.4. The third-order valence-corrected chi connectivity index (χ3v) is 2.91. The standard InChI is InChI=1S/C14H27N5O/c1-5-7-18(8-6-2)14(20)11-19-10-13(16-17-19)9-15-12(3)4/h10,12,15H,5-9,11H2,1-4H3. The lowest BCUT2D eigenvalue weighted by molar-refractivity contribution is -0.132. The molecule has 20 heavy (non-hydrogen) atoms. The maximum Gasteiger partial charge on any atom is 0.244 e. The van der Waals surface area contributed by atoms with Crippen molar-refractivity contribution in [1.29, 1.82) is 0 Å². The second-order valence-electron chi connectivity index (χ2n) is 5.32. The van der Waals surface area contributed by atoms with E-state index in [-0.39, 0.29) is 12.5 Å². The predicted molar refractivity (Wildman–Crippen MR) is 79.2 cm³/mol. The van der Waals surface area contributed by atoms with E-state index in [1.54, 1.807) is 4.68 Å². The molecule has 0 aromatic carbocycles. The van der Waals surface area contributed by atoms with Crippen LogP contribution in [0.25, 0.3) is 0 Å². The summed E-state index contributed by atoms with van der Waals surface area (Å²) in [6, 6.07) is 0.409. The van der Waals surface area contributed by atoms with Gasteiger partial charge in [-0.15, -0.1) is 5.10 Å². The molecule has 0 fully saturated rings. The van der Waals surface area contributed by atoms with Crippen LogP contribution in [0.15, 0.2) is 6.20 Å². The van der Waals surface area contributed by atoms with Crippen molar-refractivity contribution in [2.45, 2.75) is 59.7 Å². The minimum absolute atomic E-state index is 0.113. The van der Waals surface area contributed by atoms with E-state index in [1.807, 2.05) is 11.1 Å². The molecule has 1 aromatic rings. The average Bonchev–Trinajstić information content (AvgIpc) is 2.83. The molecule has 0 bridgehead atoms. The van der Waals surface area contributed by atoms with E-state index < -0.39 is 0 Å². The first-order valence-corrected chi connectivity index (χ1v) is 7.47. The van der Waals surface area contributed by atoms with Crippen LogP contribution in [0.1, 0.15) is 46.2 Å². The van der Waals surface area contributed by atoms with Gasteiger partial charge in [0.2, 0.25) is 5.91 Å². The van der Waals surface area contributed by atoms with Gasteiger partial charge in [-0.1, -0.05) is 32.9 Å². The van der Waals surface area contributed by atoms with Crippen molar-refractivity contribution in [2.75, 3.05) is 13.1 Å². The van der Waals surface area contributed by atoms with Gasteiger partial charge in [0.25, 0.3) is 0 Å². The fourth-order valence-electron chi connectivity index (χ4n) is 1.95. The first-order chi connectivity index (χ1) is 9.56. The van der Waals surface area contributed by atoms with Crippen LogP contribution in [0.4, 0.5) is 0 Å². The highest BCUT2D eigenvalue weighted by molar-refractivity contribution is 5.75. The van der Waals surface area contributed by atoms with Crippen LogP contribution in [0.5, 0.6) is 0 Å². The normalized spacial score (nSPS) is 11.1. The fraction of sp³-hybridized carbons (Fsp3) is 0.786. The number of rotatable bonds is 9. The molecule has 0 aliphatic carbocycles. The summed E-state index contributed by atoms with van der Waals surface area (Å²) in [5.41, 5.74) is 0.865. The highest BCUT2D eigenvalue weighted by Crippen LogP contribution is 1.99. The molecule has 6 heteroatoms. The molecule has 1 rings (SSSR count). The molecule has 0 aliphatic rings. The van der Waals surface area contributed by atoms with Crippen molar-refractivity contribution in [2.24, 2.45) is 0 Å². The van der Waals surface area contributed by atoms with Crippen LogP contribution in [0.2, 0.25) is 0 Å². The van der Waals surface area contributed by atoms with Gasteiger partial charge in [-0.05, 0) is 12.8 Å². The molecule has 1 N–H and O–H groups in total. The minimum Gasteiger partial charge on any atom is -0.341 e. The van der Waals surface area contributed by atoms with Crippen LogP contribution in [0.3, 0.4) is 0 Å². The van der Waals surface area contributed by atoms with Gasteiger partial charge >= 0.3 is 0 Å². The summed E-state index contributed by atoms with van der Waals surface area (Å²) in [5.74, 6) is 0.113. The van der Waals surface area contributed by atoms with Gasteiger partial charge in [0.1, 0.15) is 6.54 Å². The number of nitrogens with one attached hydrogen (secondary N) is 1. The number of carbonyl (C=O) groups excluding carboxylic acids is 1. The fourth-order valence-corrected chi connectivity index (χ4v) is 1.95. The van der Waals surface area contributed by atoms with Crippen LogP contribution in [-0.2, 0) is 17.9 Å². The maximum absolute atomic E-state index is 12.2. The Morgan fingerprint density at radius 1 is 1.35 bits per heavy atom. The molecule has 1 heterocycles. The summed E-state index contributed by atoms with van der Waals surface area (Å²) in [6.07, 6.45) is 3.79. The monoisotopic (exact) mass is 281 g/mol. The Balaban J connectivity index is 2.52. The zero-order chi connectivity index (χ0) is 15.0. The molecular weight excluding hydrogens is 254 g/mol. The topological polar surface area (TPSA) is 63.1 Å². The Labute approximate surface area is 121 Å². The molecule has 6 nitrogen and oxygen atoms in total. The van der Waals surface area contributed by atoms with Crippen molar-refractivity contribution >= 4 is 5.91 Å². The smallest absolute Gasteiger partial charge is 0.244 e. The molecule has 0 aliphatic heterocycles. The molecule has 0 radical (unpaired) electrons. The van der Waals surface area contributed by atoms with E-state index in [2.05, 4.69) is 43.3 Å². The summed E-state index contributed by atoms with van der Waals surface area (Å²) < 4.78 is 1.62. The first-order valence-electron chi connectivity index (χ1n) is 7.47. The van der Waals surface area contributed by atoms with Crippen molar-refractivity contribution in [3.05, 3.63) is 11.9 Å². The molecule has 0 saturated heterocycles. The van der Waals surface area contributed by atoms with Crippen LogP contribution in [-0.4, -0.2) is 44.9 Å². The predicted octanol–water partition coefficient (Wildman–Crippen LogP) is 1.42. The van der Waals surface area contributed by atoms with Gasteiger partial charge in [-0.25, -0.2) is 4.68 Å². The van der Waals surface area contributed by atoms with Gasteiger partial charge in [-0.2, -0.15) is 0 Å². The largest absolute Gasteiger partial charge is 0.341 e. The van der Waals surface area contributed by atoms with E-state index in [9.17, 15) is 4.79 Å². The number of aromatic nitrogens is 3. The van der Waals surface area contributed by atoms with Crippen LogP contribution < -0.4 is 5.32 Å². The van der Waals surface area contributed by atoms with E-state index in [1.165, 1.54) is 0 Å². The van der Waals surface area contributed by atoms with Gasteiger partial charge < -0.3 is 10.2 Å². The highest BCUT2D eigenvalue weighted by Gasteiger charge is 2.13. The third-order valence-electron chi connectivity index (χ3n) is 2.91. The zero-order valence-corrected chi connectivity index (χ0v) is 13.1. The lowest BCUT2D eigenvalue weighted by Gasteiger charge is -2.21. The van der Waals surface area contributed by atoms with Gasteiger partial charge in [-0.3, -0.25) is 4.79 Å². The molecule has 0 spiro atoms. The Morgan fingerprint density at radius 3 is 2.55 bits per heavy atom. The lowest BCUT2D eigenvalue weighted by Crippen LogP contribution is -2.35. The maximum atomic E-state index is 12.2. The van der Waals surface area contributed by atoms with E-state index in [4.69, 9.17) is 0 Å². The van der Waals surface area contributed by atoms with Gasteiger partial charge in [0, 0.05) is 25.7 Å². The minimum atomic E-state index is 0.113. The van der Waals surface area contributed by atoms with E-state index in [0.717, 1.165) is 31.6 Å². The SMILES string of the molecule is CCCN(CCC)C(=O)Cn1cc(CNC(C)C)nn1. The summed E-state index contributed by atoms with van der Waals surface area (Å²) >= 11 is 0. The highest BCUT2D eigenvalue weighted by atomic mass is 16.2. The Morgan fingerprint density at radius 2 is 2.00 bits per heavy atom. The molecule has 0 atom stereocenters. The second-order valence-corrected chi connectivity index (χ2v) is 5.32. The molecule has 0 saturated carbocycles. The third kappa shape index (κ3) is 5.69. The number of hydrogen-bond donors (Lipinski definition) is 1. The van der Waals surface area contributed by atoms with E-state index in [0.29, 0.717) is 12.6 Å². The quantitative estimate of drug-likeness (QED) is 0.743. The lowest BCUT2D eigenvalue weighted by atomic mass is 10.3. The molecule has 0 unspecified atom stereocenters. The summed E-state index contributed by atoms with van der Waals surface area (Å²) in [7, 11) is 0. The second kappa shape index (κ2) is 8.68. The van der Waals surface area contributed by atoms with Crippen molar-refractivity contribution in [1.82, 2.24) is 25.2 Å². The Kier molecular flexibility index (Phi) is 7.22. The molecule has 1 amide bonds. The van der Waals surface area contributed by atoms with Crippen LogP contribution in [0, 0.1) is 0 Å². The summed E-state index contributed by atoms with van der Waals surface area (Å²) in [4.78, 5) is 14.1. The van der Waals surface area contributed by atoms with Crippen molar-refractivity contribution < 1.29 is 4.79 Å². The van der Waals surface area contributed by atoms with E-state index >= 15 is 0 Å². The Bertz CT molecular complexity index is 396. The summed E-state index contributed by atoms with van der Waals surface area (Å²) in [6.45, 7) is 10.9. The molecule has 114 valence electrons. The zero-order valence-electron chi connectivity index (χ0n) is 13.1. The average molecular weight is 281 g/mol. The van der Waals surface area contributed by atoms with Crippen molar-refractivity contribution in [3.63, 3.8) is 0 Å². The number of carbonyl (C=O) groups is 1. The van der Waals surface area contributed by atoms with Gasteiger partial charge in [0.05, 0.1) is 11.9 Å². The molecular formula is C14H27N5O. The number of nitrogens with zero attached hydrogens (tertiary/aromatic N) is 4. The van der Waals surface area contributed by atoms with Gasteiger partial charge in [0.15, 0.2) is 0 Å². The number of amides is 1. The molecule has 1 aromatic heterocycles. The van der Waals surface area contributed by atoms with Crippen molar-refractivity contribution in [3.8, 4) is 0 Å². The first kappa shape index (κ1) is 16.6. The number of hydrogen-bond acceptors (Lipinski definition) is 4.